The highest BCUT2D eigenvalue weighted by Gasteiger charge is 2.30. The quantitative estimate of drug-likeness (QED) is 0.486. The average molecular weight is 491 g/mol. The normalized spacial score (nSPS) is 16.0. The lowest BCUT2D eigenvalue weighted by Crippen LogP contribution is -2.39. The lowest BCUT2D eigenvalue weighted by Gasteiger charge is -2.35. The molecule has 3 aromatic rings. The molecule has 3 heterocycles. The van der Waals surface area contributed by atoms with Gasteiger partial charge in [0.05, 0.1) is 24.1 Å². The molecular formula is C22H23BrN2O2S2. The van der Waals surface area contributed by atoms with Crippen molar-refractivity contribution in [2.75, 3.05) is 31.6 Å². The molecule has 152 valence electrons. The Morgan fingerprint density at radius 3 is 2.55 bits per heavy atom. The molecule has 1 atom stereocenters. The minimum Gasteiger partial charge on any atom is -0.379 e. The molecule has 7 heteroatoms. The predicted molar refractivity (Wildman–Crippen MR) is 124 cm³/mol. The van der Waals surface area contributed by atoms with E-state index in [9.17, 15) is 4.79 Å². The summed E-state index contributed by atoms with van der Waals surface area (Å²) in [5.41, 5.74) is 3.67. The van der Waals surface area contributed by atoms with Crippen LogP contribution in [0.2, 0.25) is 0 Å². The smallest absolute Gasteiger partial charge is 0.266 e. The Bertz CT molecular complexity index is 977. The van der Waals surface area contributed by atoms with Crippen LogP contribution in [0, 0.1) is 13.8 Å². The number of ether oxygens (including phenoxy) is 1. The number of carbonyl (C=O) groups is 1. The number of nitrogens with one attached hydrogen (secondary N) is 1. The second-order valence-electron chi connectivity index (χ2n) is 7.06. The molecule has 1 unspecified atom stereocenters. The van der Waals surface area contributed by atoms with Gasteiger partial charge in [-0.1, -0.05) is 34.1 Å². The Balaban J connectivity index is 1.77. The summed E-state index contributed by atoms with van der Waals surface area (Å²) in [6.07, 6.45) is 0. The van der Waals surface area contributed by atoms with Gasteiger partial charge in [0.15, 0.2) is 0 Å². The minimum atomic E-state index is -0.0426. The van der Waals surface area contributed by atoms with Gasteiger partial charge >= 0.3 is 0 Å². The Kier molecular flexibility index (Phi) is 6.51. The van der Waals surface area contributed by atoms with Crippen molar-refractivity contribution in [3.05, 3.63) is 72.7 Å². The lowest BCUT2D eigenvalue weighted by molar-refractivity contribution is 0.0240. The van der Waals surface area contributed by atoms with Gasteiger partial charge in [0, 0.05) is 28.0 Å². The maximum Gasteiger partial charge on any atom is 0.266 e. The molecule has 4 nitrogen and oxygen atoms in total. The second kappa shape index (κ2) is 9.10. The summed E-state index contributed by atoms with van der Waals surface area (Å²) < 4.78 is 6.67. The van der Waals surface area contributed by atoms with E-state index in [0.29, 0.717) is 0 Å². The first-order chi connectivity index (χ1) is 14.0. The fourth-order valence-corrected chi connectivity index (χ4v) is 5.65. The van der Waals surface area contributed by atoms with Crippen molar-refractivity contribution >= 4 is 49.5 Å². The van der Waals surface area contributed by atoms with Crippen LogP contribution in [0.5, 0.6) is 0 Å². The van der Waals surface area contributed by atoms with Gasteiger partial charge in [-0.25, -0.2) is 0 Å². The number of hydrogen-bond acceptors (Lipinski definition) is 5. The fourth-order valence-electron chi connectivity index (χ4n) is 3.68. The number of nitrogens with zero attached hydrogens (tertiary/aromatic N) is 1. The van der Waals surface area contributed by atoms with Gasteiger partial charge in [-0.2, -0.15) is 0 Å². The monoisotopic (exact) mass is 490 g/mol. The molecular weight excluding hydrogens is 468 g/mol. The van der Waals surface area contributed by atoms with Gasteiger partial charge in [0.2, 0.25) is 0 Å². The molecule has 0 saturated carbocycles. The number of amides is 1. The van der Waals surface area contributed by atoms with E-state index in [2.05, 4.69) is 64.3 Å². The number of anilines is 1. The maximum absolute atomic E-state index is 12.8. The standard InChI is InChI=1S/C22H23BrN2O2S2/c1-14-15(2)29-22(24-21(26)18-4-3-13-28-18)19(14)20(25-9-11-27-12-10-25)16-5-7-17(23)8-6-16/h3-8,13,20H,9-12H2,1-2H3,(H,24,26). The van der Waals surface area contributed by atoms with Crippen molar-refractivity contribution in [2.24, 2.45) is 0 Å². The van der Waals surface area contributed by atoms with Crippen molar-refractivity contribution in [3.63, 3.8) is 0 Å². The molecule has 0 radical (unpaired) electrons. The van der Waals surface area contributed by atoms with Crippen LogP contribution in [0.4, 0.5) is 5.00 Å². The van der Waals surface area contributed by atoms with Crippen molar-refractivity contribution in [1.29, 1.82) is 0 Å². The highest BCUT2D eigenvalue weighted by atomic mass is 79.9. The van der Waals surface area contributed by atoms with E-state index >= 15 is 0 Å². The third kappa shape index (κ3) is 4.49. The van der Waals surface area contributed by atoms with Crippen LogP contribution in [0.3, 0.4) is 0 Å². The SMILES string of the molecule is Cc1sc(NC(=O)c2cccs2)c(C(c2ccc(Br)cc2)N2CCOCC2)c1C. The Labute approximate surface area is 187 Å². The van der Waals surface area contributed by atoms with Gasteiger partial charge in [-0.3, -0.25) is 9.69 Å². The highest BCUT2D eigenvalue weighted by Crippen LogP contribution is 2.42. The molecule has 4 rings (SSSR count). The van der Waals surface area contributed by atoms with Gasteiger partial charge in [-0.15, -0.1) is 22.7 Å². The minimum absolute atomic E-state index is 0.0426. The molecule has 1 N–H and O–H groups in total. The van der Waals surface area contributed by atoms with Gasteiger partial charge in [0.25, 0.3) is 5.91 Å². The van der Waals surface area contributed by atoms with Crippen LogP contribution < -0.4 is 5.32 Å². The largest absolute Gasteiger partial charge is 0.379 e. The van der Waals surface area contributed by atoms with Crippen molar-refractivity contribution in [1.82, 2.24) is 4.90 Å². The van der Waals surface area contributed by atoms with Crippen LogP contribution in [-0.2, 0) is 4.74 Å². The molecule has 1 aliphatic rings. The molecule has 1 saturated heterocycles. The molecule has 0 aliphatic carbocycles. The number of thiophene rings is 2. The molecule has 1 aliphatic heterocycles. The number of carbonyl (C=O) groups excluding carboxylic acids is 1. The maximum atomic E-state index is 12.8. The number of halogens is 1. The number of rotatable bonds is 5. The zero-order chi connectivity index (χ0) is 20.4. The van der Waals surface area contributed by atoms with E-state index in [1.54, 1.807) is 11.3 Å². The van der Waals surface area contributed by atoms with Crippen molar-refractivity contribution in [2.45, 2.75) is 19.9 Å². The molecule has 1 fully saturated rings. The lowest BCUT2D eigenvalue weighted by atomic mass is 9.94. The van der Waals surface area contributed by atoms with E-state index in [1.807, 2.05) is 17.5 Å². The zero-order valence-corrected chi connectivity index (χ0v) is 19.6. The van der Waals surface area contributed by atoms with E-state index < -0.39 is 0 Å². The van der Waals surface area contributed by atoms with E-state index in [4.69, 9.17) is 4.74 Å². The number of morpholine rings is 1. The molecule has 0 bridgehead atoms. The van der Waals surface area contributed by atoms with Crippen LogP contribution in [0.25, 0.3) is 0 Å². The van der Waals surface area contributed by atoms with E-state index in [1.165, 1.54) is 32.9 Å². The molecule has 1 amide bonds. The average Bonchev–Trinajstić information content (AvgIpc) is 3.35. The predicted octanol–water partition coefficient (Wildman–Crippen LogP) is 5.86. The first kappa shape index (κ1) is 20.8. The molecule has 29 heavy (non-hydrogen) atoms. The summed E-state index contributed by atoms with van der Waals surface area (Å²) in [6.45, 7) is 7.48. The zero-order valence-electron chi connectivity index (χ0n) is 16.4. The summed E-state index contributed by atoms with van der Waals surface area (Å²) in [4.78, 5) is 17.2. The van der Waals surface area contributed by atoms with Crippen molar-refractivity contribution in [3.8, 4) is 0 Å². The fraction of sp³-hybridized carbons (Fsp3) is 0.318. The van der Waals surface area contributed by atoms with Gasteiger partial charge < -0.3 is 10.1 Å². The molecule has 0 spiro atoms. The number of aryl methyl sites for hydroxylation is 1. The van der Waals surface area contributed by atoms with Crippen LogP contribution in [-0.4, -0.2) is 37.1 Å². The second-order valence-corrected chi connectivity index (χ2v) is 10.1. The summed E-state index contributed by atoms with van der Waals surface area (Å²) in [6, 6.07) is 12.4. The Hall–Kier alpha value is -1.51. The number of benzene rings is 1. The molecule has 1 aromatic carbocycles. The first-order valence-electron chi connectivity index (χ1n) is 9.56. The van der Waals surface area contributed by atoms with E-state index in [0.717, 1.165) is 40.7 Å². The van der Waals surface area contributed by atoms with Gasteiger partial charge in [-0.05, 0) is 48.6 Å². The topological polar surface area (TPSA) is 41.6 Å². The first-order valence-corrected chi connectivity index (χ1v) is 12.1. The summed E-state index contributed by atoms with van der Waals surface area (Å²) >= 11 is 6.67. The van der Waals surface area contributed by atoms with Crippen LogP contribution in [0.1, 0.15) is 37.3 Å². The summed E-state index contributed by atoms with van der Waals surface area (Å²) in [5, 5.41) is 6.07. The number of hydrogen-bond donors (Lipinski definition) is 1. The van der Waals surface area contributed by atoms with E-state index in [-0.39, 0.29) is 11.9 Å². The highest BCUT2D eigenvalue weighted by molar-refractivity contribution is 9.10. The van der Waals surface area contributed by atoms with Crippen molar-refractivity contribution < 1.29 is 9.53 Å². The molecule has 2 aromatic heterocycles. The summed E-state index contributed by atoms with van der Waals surface area (Å²) in [7, 11) is 0. The third-order valence-corrected chi connectivity index (χ3v) is 7.81. The third-order valence-electron chi connectivity index (χ3n) is 5.27. The van der Waals surface area contributed by atoms with Gasteiger partial charge in [0.1, 0.15) is 5.00 Å². The van der Waals surface area contributed by atoms with Crippen LogP contribution in [0.15, 0.2) is 46.3 Å². The van der Waals surface area contributed by atoms with Crippen LogP contribution >= 0.6 is 38.6 Å². The Morgan fingerprint density at radius 1 is 1.17 bits per heavy atom. The summed E-state index contributed by atoms with van der Waals surface area (Å²) in [5.74, 6) is -0.0426. The Morgan fingerprint density at radius 2 is 1.90 bits per heavy atom.